The first-order valence-electron chi connectivity index (χ1n) is 7.87. The normalized spacial score (nSPS) is 21.4. The van der Waals surface area contributed by atoms with Crippen LogP contribution in [0.5, 0.6) is 0 Å². The molecule has 0 amide bonds. The summed E-state index contributed by atoms with van der Waals surface area (Å²) in [5, 5.41) is 3.64. The molecule has 1 N–H and O–H groups in total. The second-order valence-electron chi connectivity index (χ2n) is 6.96. The fraction of sp³-hybridized carbons (Fsp3) is 0.611. The SMILES string of the molecule is COC(=O)c1ccc(C)c(NC2CCCC(C)(C)CC2)c1. The fourth-order valence-corrected chi connectivity index (χ4v) is 3.05. The standard InChI is InChI=1S/C18H27NO2/c1-13-7-8-14(17(20)21-4)12-16(13)19-15-6-5-10-18(2,3)11-9-15/h7-8,12,15,19H,5-6,9-11H2,1-4H3. The minimum Gasteiger partial charge on any atom is -0.465 e. The number of benzene rings is 1. The van der Waals surface area contributed by atoms with Crippen molar-refractivity contribution in [1.82, 2.24) is 0 Å². The minimum atomic E-state index is -0.278. The molecule has 0 saturated heterocycles. The highest BCUT2D eigenvalue weighted by atomic mass is 16.5. The molecule has 1 unspecified atom stereocenters. The zero-order valence-electron chi connectivity index (χ0n) is 13.7. The number of aryl methyl sites for hydroxylation is 1. The monoisotopic (exact) mass is 289 g/mol. The maximum Gasteiger partial charge on any atom is 0.337 e. The van der Waals surface area contributed by atoms with Gasteiger partial charge >= 0.3 is 5.97 Å². The molecule has 21 heavy (non-hydrogen) atoms. The van der Waals surface area contributed by atoms with Gasteiger partial charge in [-0.25, -0.2) is 4.79 Å². The second kappa shape index (κ2) is 6.50. The Bertz CT molecular complexity index is 508. The Hall–Kier alpha value is -1.51. The second-order valence-corrected chi connectivity index (χ2v) is 6.96. The van der Waals surface area contributed by atoms with Gasteiger partial charge in [0.25, 0.3) is 0 Å². The molecule has 1 atom stereocenters. The van der Waals surface area contributed by atoms with Crippen LogP contribution in [0.2, 0.25) is 0 Å². The van der Waals surface area contributed by atoms with Crippen molar-refractivity contribution >= 4 is 11.7 Å². The number of hydrogen-bond acceptors (Lipinski definition) is 3. The summed E-state index contributed by atoms with van der Waals surface area (Å²) in [7, 11) is 1.42. The zero-order chi connectivity index (χ0) is 15.5. The van der Waals surface area contributed by atoms with Crippen LogP contribution in [0.25, 0.3) is 0 Å². The summed E-state index contributed by atoms with van der Waals surface area (Å²) in [6, 6.07) is 6.22. The molecule has 0 heterocycles. The first-order valence-corrected chi connectivity index (χ1v) is 7.87. The third kappa shape index (κ3) is 4.23. The van der Waals surface area contributed by atoms with Crippen molar-refractivity contribution in [3.05, 3.63) is 29.3 Å². The summed E-state index contributed by atoms with van der Waals surface area (Å²) >= 11 is 0. The van der Waals surface area contributed by atoms with E-state index in [-0.39, 0.29) is 5.97 Å². The number of ether oxygens (including phenoxy) is 1. The highest BCUT2D eigenvalue weighted by Crippen LogP contribution is 2.35. The van der Waals surface area contributed by atoms with Gasteiger partial charge in [0, 0.05) is 11.7 Å². The molecule has 0 radical (unpaired) electrons. The quantitative estimate of drug-likeness (QED) is 0.655. The third-order valence-corrected chi connectivity index (χ3v) is 4.59. The molecule has 0 aliphatic heterocycles. The van der Waals surface area contributed by atoms with Gasteiger partial charge in [-0.3, -0.25) is 0 Å². The number of hydrogen-bond donors (Lipinski definition) is 1. The van der Waals surface area contributed by atoms with Crippen LogP contribution in [0.15, 0.2) is 18.2 Å². The number of carbonyl (C=O) groups is 1. The van der Waals surface area contributed by atoms with Gasteiger partial charge < -0.3 is 10.1 Å². The maximum absolute atomic E-state index is 11.7. The van der Waals surface area contributed by atoms with E-state index >= 15 is 0 Å². The van der Waals surface area contributed by atoms with E-state index in [1.807, 2.05) is 18.2 Å². The van der Waals surface area contributed by atoms with Gasteiger partial charge in [-0.15, -0.1) is 0 Å². The van der Waals surface area contributed by atoms with E-state index < -0.39 is 0 Å². The lowest BCUT2D eigenvalue weighted by Gasteiger charge is -2.23. The van der Waals surface area contributed by atoms with Crippen LogP contribution in [0.4, 0.5) is 5.69 Å². The average molecular weight is 289 g/mol. The van der Waals surface area contributed by atoms with E-state index in [9.17, 15) is 4.79 Å². The third-order valence-electron chi connectivity index (χ3n) is 4.59. The van der Waals surface area contributed by atoms with Gasteiger partial charge in [0.15, 0.2) is 0 Å². The lowest BCUT2D eigenvalue weighted by molar-refractivity contribution is 0.0601. The summed E-state index contributed by atoms with van der Waals surface area (Å²) in [6.07, 6.45) is 6.20. The predicted octanol–water partition coefficient (Wildman–Crippen LogP) is 4.55. The molecule has 1 saturated carbocycles. The van der Waals surface area contributed by atoms with Crippen LogP contribution in [0.3, 0.4) is 0 Å². The number of nitrogens with one attached hydrogen (secondary N) is 1. The Morgan fingerprint density at radius 2 is 2.05 bits per heavy atom. The predicted molar refractivity (Wildman–Crippen MR) is 86.8 cm³/mol. The Balaban J connectivity index is 2.10. The van der Waals surface area contributed by atoms with Crippen molar-refractivity contribution in [2.24, 2.45) is 5.41 Å². The lowest BCUT2D eigenvalue weighted by atomic mass is 9.85. The average Bonchev–Trinajstić information content (AvgIpc) is 2.61. The molecule has 1 aromatic rings. The molecule has 1 aliphatic rings. The summed E-state index contributed by atoms with van der Waals surface area (Å²) in [5.41, 5.74) is 3.30. The summed E-state index contributed by atoms with van der Waals surface area (Å²) in [5.74, 6) is -0.278. The number of anilines is 1. The van der Waals surface area contributed by atoms with Gasteiger partial charge in [0.2, 0.25) is 0 Å². The molecule has 116 valence electrons. The molecule has 3 heteroatoms. The molecule has 2 rings (SSSR count). The van der Waals surface area contributed by atoms with Crippen LogP contribution in [-0.2, 0) is 4.74 Å². The molecular formula is C18H27NO2. The van der Waals surface area contributed by atoms with E-state index in [1.54, 1.807) is 0 Å². The summed E-state index contributed by atoms with van der Waals surface area (Å²) < 4.78 is 4.80. The maximum atomic E-state index is 11.7. The largest absolute Gasteiger partial charge is 0.465 e. The molecule has 0 spiro atoms. The lowest BCUT2D eigenvalue weighted by Crippen LogP contribution is -2.20. The number of esters is 1. The molecular weight excluding hydrogens is 262 g/mol. The number of carbonyl (C=O) groups excluding carboxylic acids is 1. The summed E-state index contributed by atoms with van der Waals surface area (Å²) in [6.45, 7) is 6.79. The molecule has 3 nitrogen and oxygen atoms in total. The van der Waals surface area contributed by atoms with Crippen molar-refractivity contribution < 1.29 is 9.53 Å². The highest BCUT2D eigenvalue weighted by Gasteiger charge is 2.24. The number of rotatable bonds is 3. The van der Waals surface area contributed by atoms with Gasteiger partial charge in [-0.1, -0.05) is 26.3 Å². The van der Waals surface area contributed by atoms with Crippen LogP contribution < -0.4 is 5.32 Å². The Morgan fingerprint density at radius 3 is 2.76 bits per heavy atom. The zero-order valence-corrected chi connectivity index (χ0v) is 13.7. The van der Waals surface area contributed by atoms with Crippen LogP contribution in [0, 0.1) is 12.3 Å². The Kier molecular flexibility index (Phi) is 4.92. The Labute approximate surface area is 128 Å². The van der Waals surface area contributed by atoms with Crippen molar-refractivity contribution in [1.29, 1.82) is 0 Å². The molecule has 0 bridgehead atoms. The van der Waals surface area contributed by atoms with E-state index in [1.165, 1.54) is 44.8 Å². The Morgan fingerprint density at radius 1 is 1.29 bits per heavy atom. The van der Waals surface area contributed by atoms with E-state index in [0.29, 0.717) is 17.0 Å². The van der Waals surface area contributed by atoms with Crippen LogP contribution in [0.1, 0.15) is 61.9 Å². The molecule has 0 aromatic heterocycles. The minimum absolute atomic E-state index is 0.278. The van der Waals surface area contributed by atoms with E-state index in [0.717, 1.165) is 5.69 Å². The van der Waals surface area contributed by atoms with Crippen molar-refractivity contribution in [2.75, 3.05) is 12.4 Å². The van der Waals surface area contributed by atoms with Gasteiger partial charge in [-0.05, 0) is 55.7 Å². The molecule has 1 aromatic carbocycles. The number of methoxy groups -OCH3 is 1. The topological polar surface area (TPSA) is 38.3 Å². The van der Waals surface area contributed by atoms with Crippen molar-refractivity contribution in [3.8, 4) is 0 Å². The van der Waals surface area contributed by atoms with Gasteiger partial charge in [0.1, 0.15) is 0 Å². The first kappa shape index (κ1) is 15.9. The molecule has 1 fully saturated rings. The van der Waals surface area contributed by atoms with Crippen LogP contribution in [-0.4, -0.2) is 19.1 Å². The highest BCUT2D eigenvalue weighted by molar-refractivity contribution is 5.90. The van der Waals surface area contributed by atoms with Gasteiger partial charge in [-0.2, -0.15) is 0 Å². The summed E-state index contributed by atoms with van der Waals surface area (Å²) in [4.78, 5) is 11.7. The van der Waals surface area contributed by atoms with Crippen molar-refractivity contribution in [3.63, 3.8) is 0 Å². The van der Waals surface area contributed by atoms with E-state index in [2.05, 4.69) is 26.1 Å². The van der Waals surface area contributed by atoms with Gasteiger partial charge in [0.05, 0.1) is 12.7 Å². The fourth-order valence-electron chi connectivity index (χ4n) is 3.05. The van der Waals surface area contributed by atoms with Crippen molar-refractivity contribution in [2.45, 2.75) is 58.9 Å². The smallest absolute Gasteiger partial charge is 0.337 e. The van der Waals surface area contributed by atoms with E-state index in [4.69, 9.17) is 4.74 Å². The molecule has 1 aliphatic carbocycles. The van der Waals surface area contributed by atoms with Crippen LogP contribution >= 0.6 is 0 Å². The first-order chi connectivity index (χ1) is 9.91.